The number of nitrogens with zero attached hydrogens (tertiary/aromatic N) is 1. The van der Waals surface area contributed by atoms with Crippen molar-refractivity contribution in [1.82, 2.24) is 0 Å². The van der Waals surface area contributed by atoms with Crippen LogP contribution in [0.4, 0.5) is 0 Å². The summed E-state index contributed by atoms with van der Waals surface area (Å²) in [5.74, 6) is 0.659. The van der Waals surface area contributed by atoms with Gasteiger partial charge in [0.05, 0.1) is 13.4 Å². The lowest BCUT2D eigenvalue weighted by atomic mass is 10.1. The number of ether oxygens (including phenoxy) is 5. The van der Waals surface area contributed by atoms with Gasteiger partial charge < -0.3 is 28.1 Å². The molecular weight excluding hydrogens is 418 g/mol. The lowest BCUT2D eigenvalue weighted by Crippen LogP contribution is -2.08. The van der Waals surface area contributed by atoms with Crippen LogP contribution in [0.15, 0.2) is 69.9 Å². The van der Waals surface area contributed by atoms with Crippen LogP contribution in [0, 0.1) is 0 Å². The molecule has 0 saturated heterocycles. The van der Waals surface area contributed by atoms with Crippen molar-refractivity contribution in [2.75, 3.05) is 13.9 Å². The van der Waals surface area contributed by atoms with E-state index in [9.17, 15) is 9.59 Å². The number of fused-ring (bicyclic) bond motifs is 1. The third-order valence-corrected chi connectivity index (χ3v) is 4.66. The zero-order chi connectivity index (χ0) is 22.1. The Hall–Kier alpha value is -4.53. The topological polar surface area (TPSA) is 106 Å². The van der Waals surface area contributed by atoms with Gasteiger partial charge in [0.15, 0.2) is 28.7 Å². The van der Waals surface area contributed by atoms with Crippen molar-refractivity contribution in [3.8, 4) is 23.0 Å². The number of benzene rings is 2. The molecule has 5 rings (SSSR count). The van der Waals surface area contributed by atoms with Crippen molar-refractivity contribution in [2.24, 2.45) is 4.99 Å². The number of esters is 2. The van der Waals surface area contributed by atoms with Gasteiger partial charge in [0.1, 0.15) is 0 Å². The van der Waals surface area contributed by atoms with Crippen molar-refractivity contribution in [2.45, 2.75) is 0 Å². The summed E-state index contributed by atoms with van der Waals surface area (Å²) in [6, 6.07) is 13.0. The normalized spacial score (nSPS) is 15.5. The van der Waals surface area contributed by atoms with Gasteiger partial charge in [0.25, 0.3) is 0 Å². The average Bonchev–Trinajstić information content (AvgIpc) is 3.56. The number of cyclic esters (lactones) is 1. The largest absolute Gasteiger partial charge is 0.493 e. The highest BCUT2D eigenvalue weighted by Crippen LogP contribution is 2.34. The average molecular weight is 433 g/mol. The minimum absolute atomic E-state index is 0.0670. The molecule has 160 valence electrons. The summed E-state index contributed by atoms with van der Waals surface area (Å²) in [5.41, 5.74) is 1.30. The van der Waals surface area contributed by atoms with E-state index in [2.05, 4.69) is 4.99 Å². The van der Waals surface area contributed by atoms with Crippen molar-refractivity contribution in [1.29, 1.82) is 0 Å². The highest BCUT2D eigenvalue weighted by atomic mass is 16.7. The summed E-state index contributed by atoms with van der Waals surface area (Å²) in [7, 11) is 1.44. The molecule has 32 heavy (non-hydrogen) atoms. The van der Waals surface area contributed by atoms with Gasteiger partial charge >= 0.3 is 11.9 Å². The lowest BCUT2D eigenvalue weighted by molar-refractivity contribution is -0.129. The van der Waals surface area contributed by atoms with Crippen molar-refractivity contribution < 1.29 is 37.7 Å². The number of hydrogen-bond acceptors (Lipinski definition) is 9. The van der Waals surface area contributed by atoms with E-state index in [0.717, 1.165) is 0 Å². The number of aliphatic imine (C=N–C) groups is 1. The maximum Gasteiger partial charge on any atom is 0.379 e. The molecule has 0 amide bonds. The second-order valence-corrected chi connectivity index (χ2v) is 6.68. The lowest BCUT2D eigenvalue weighted by Gasteiger charge is -2.09. The van der Waals surface area contributed by atoms with Crippen LogP contribution >= 0.6 is 0 Å². The second kappa shape index (κ2) is 7.95. The second-order valence-electron chi connectivity index (χ2n) is 6.68. The summed E-state index contributed by atoms with van der Waals surface area (Å²) < 4.78 is 31.6. The maximum atomic E-state index is 12.3. The molecule has 0 atom stereocenters. The van der Waals surface area contributed by atoms with Crippen molar-refractivity contribution in [3.63, 3.8) is 0 Å². The summed E-state index contributed by atoms with van der Waals surface area (Å²) in [4.78, 5) is 28.7. The Bertz CT molecular complexity index is 1270. The number of furan rings is 1. The van der Waals surface area contributed by atoms with Gasteiger partial charge in [-0.15, -0.1) is 0 Å². The number of carbonyl (C=O) groups excluding carboxylic acids is 2. The van der Waals surface area contributed by atoms with Crippen LogP contribution in [0.3, 0.4) is 0 Å². The standard InChI is InChI=1S/C23H15NO8/c1-27-19-10-13(4-6-17(19)31-23(26)18-3-2-8-28-18)9-15-22(25)32-21(24-15)14-5-7-16-20(11-14)30-12-29-16/h2-11H,12H2,1H3/b15-9+. The number of rotatable bonds is 5. The SMILES string of the molecule is COc1cc(/C=C2/N=C(c3ccc4c(c3)OCO4)OC2=O)ccc1OC(=O)c1ccco1. The Morgan fingerprint density at radius 2 is 1.94 bits per heavy atom. The molecule has 3 heterocycles. The van der Waals surface area contributed by atoms with Gasteiger partial charge in [-0.1, -0.05) is 6.07 Å². The zero-order valence-electron chi connectivity index (χ0n) is 16.7. The Balaban J connectivity index is 1.39. The van der Waals surface area contributed by atoms with E-state index in [1.54, 1.807) is 48.5 Å². The monoisotopic (exact) mass is 433 g/mol. The molecule has 9 nitrogen and oxygen atoms in total. The fourth-order valence-corrected chi connectivity index (χ4v) is 3.12. The summed E-state index contributed by atoms with van der Waals surface area (Å²) in [6.07, 6.45) is 2.92. The van der Waals surface area contributed by atoms with Crippen LogP contribution in [0.5, 0.6) is 23.0 Å². The number of hydrogen-bond donors (Lipinski definition) is 0. The third kappa shape index (κ3) is 3.67. The Labute approximate surface area is 181 Å². The number of methoxy groups -OCH3 is 1. The minimum Gasteiger partial charge on any atom is -0.493 e. The molecule has 3 aromatic rings. The van der Waals surface area contributed by atoms with Crippen LogP contribution in [-0.2, 0) is 9.53 Å². The van der Waals surface area contributed by atoms with E-state index in [4.69, 9.17) is 28.1 Å². The van der Waals surface area contributed by atoms with Gasteiger partial charge in [-0.25, -0.2) is 14.6 Å². The molecule has 0 N–H and O–H groups in total. The molecule has 0 bridgehead atoms. The van der Waals surface area contributed by atoms with Gasteiger partial charge in [-0.05, 0) is 54.1 Å². The molecule has 0 unspecified atom stereocenters. The molecule has 0 radical (unpaired) electrons. The Morgan fingerprint density at radius 1 is 1.06 bits per heavy atom. The fraction of sp³-hybridized carbons (Fsp3) is 0.0870. The molecule has 0 fully saturated rings. The third-order valence-electron chi connectivity index (χ3n) is 4.66. The van der Waals surface area contributed by atoms with Gasteiger partial charge in [-0.3, -0.25) is 0 Å². The van der Waals surface area contributed by atoms with Crippen LogP contribution in [0.1, 0.15) is 21.7 Å². The first kappa shape index (κ1) is 19.4. The van der Waals surface area contributed by atoms with Crippen LogP contribution in [0.2, 0.25) is 0 Å². The molecule has 2 aliphatic rings. The molecule has 0 saturated carbocycles. The molecule has 2 aliphatic heterocycles. The molecule has 9 heteroatoms. The predicted molar refractivity (Wildman–Crippen MR) is 110 cm³/mol. The number of carbonyl (C=O) groups is 2. The summed E-state index contributed by atoms with van der Waals surface area (Å²) in [5, 5.41) is 0. The van der Waals surface area contributed by atoms with Crippen molar-refractivity contribution in [3.05, 3.63) is 77.4 Å². The van der Waals surface area contributed by atoms with Crippen LogP contribution in [0.25, 0.3) is 6.08 Å². The molecule has 1 aromatic heterocycles. The van der Waals surface area contributed by atoms with E-state index in [0.29, 0.717) is 28.4 Å². The summed E-state index contributed by atoms with van der Waals surface area (Å²) in [6.45, 7) is 0.144. The Kier molecular flexibility index (Phi) is 4.83. The van der Waals surface area contributed by atoms with E-state index in [1.807, 2.05) is 0 Å². The highest BCUT2D eigenvalue weighted by Gasteiger charge is 2.26. The van der Waals surface area contributed by atoms with Crippen molar-refractivity contribution >= 4 is 23.9 Å². The molecule has 0 aliphatic carbocycles. The highest BCUT2D eigenvalue weighted by molar-refractivity contribution is 6.13. The van der Waals surface area contributed by atoms with Gasteiger partial charge in [0.2, 0.25) is 18.5 Å². The quantitative estimate of drug-likeness (QED) is 0.342. The predicted octanol–water partition coefficient (Wildman–Crippen LogP) is 3.58. The van der Waals surface area contributed by atoms with E-state index < -0.39 is 11.9 Å². The first-order valence-corrected chi connectivity index (χ1v) is 9.47. The molecule has 0 spiro atoms. The van der Waals surface area contributed by atoms with E-state index in [1.165, 1.54) is 19.4 Å². The van der Waals surface area contributed by atoms with E-state index in [-0.39, 0.29) is 29.9 Å². The van der Waals surface area contributed by atoms with E-state index >= 15 is 0 Å². The Morgan fingerprint density at radius 3 is 2.75 bits per heavy atom. The van der Waals surface area contributed by atoms with Crippen LogP contribution < -0.4 is 18.9 Å². The molecular formula is C23H15NO8. The van der Waals surface area contributed by atoms with Gasteiger partial charge in [0, 0.05) is 5.56 Å². The fourth-order valence-electron chi connectivity index (χ4n) is 3.12. The maximum absolute atomic E-state index is 12.3. The first-order chi connectivity index (χ1) is 15.6. The molecule has 2 aromatic carbocycles. The van der Waals surface area contributed by atoms with Gasteiger partial charge in [-0.2, -0.15) is 0 Å². The zero-order valence-corrected chi connectivity index (χ0v) is 16.7. The first-order valence-electron chi connectivity index (χ1n) is 9.47. The smallest absolute Gasteiger partial charge is 0.379 e. The minimum atomic E-state index is -0.656. The summed E-state index contributed by atoms with van der Waals surface area (Å²) >= 11 is 0. The van der Waals surface area contributed by atoms with Crippen LogP contribution in [-0.4, -0.2) is 31.7 Å².